The van der Waals surface area contributed by atoms with E-state index in [0.29, 0.717) is 32.3 Å². The zero-order valence-electron chi connectivity index (χ0n) is 12.8. The second-order valence-corrected chi connectivity index (χ2v) is 5.53. The minimum atomic E-state index is -0.540. The fourth-order valence-electron chi connectivity index (χ4n) is 2.53. The highest BCUT2D eigenvalue weighted by atomic mass is 16.5. The molecule has 0 aromatic heterocycles. The zero-order chi connectivity index (χ0) is 14.8. The number of aliphatic hydroxyl groups excluding tert-OH is 2. The topological polar surface area (TPSA) is 74.2 Å². The molecule has 3 unspecified atom stereocenters. The smallest absolute Gasteiger partial charge is 0.0900 e. The summed E-state index contributed by atoms with van der Waals surface area (Å²) in [6.45, 7) is 5.90. The summed E-state index contributed by atoms with van der Waals surface area (Å²) in [6.07, 6.45) is 1.82. The van der Waals surface area contributed by atoms with Crippen LogP contribution in [0.1, 0.15) is 19.8 Å². The minimum Gasteiger partial charge on any atom is -0.395 e. The Balaban J connectivity index is 2.24. The van der Waals surface area contributed by atoms with E-state index < -0.39 is 6.10 Å². The number of aliphatic hydroxyl groups is 2. The minimum absolute atomic E-state index is 0.0163. The van der Waals surface area contributed by atoms with E-state index in [1.165, 1.54) is 12.8 Å². The molecule has 1 rings (SSSR count). The quantitative estimate of drug-likeness (QED) is 0.474. The molecule has 1 heterocycles. The lowest BCUT2D eigenvalue weighted by atomic mass is 10.2. The van der Waals surface area contributed by atoms with Crippen LogP contribution in [0.4, 0.5) is 0 Å². The molecule has 3 N–H and O–H groups in total. The van der Waals surface area contributed by atoms with Gasteiger partial charge in [0.05, 0.1) is 32.0 Å². The molecule has 6 nitrogen and oxygen atoms in total. The molecule has 0 amide bonds. The van der Waals surface area contributed by atoms with Gasteiger partial charge in [0.25, 0.3) is 0 Å². The summed E-state index contributed by atoms with van der Waals surface area (Å²) in [5.74, 6) is 0. The molecule has 1 aliphatic rings. The normalized spacial score (nSPS) is 22.4. The van der Waals surface area contributed by atoms with Crippen molar-refractivity contribution in [2.24, 2.45) is 0 Å². The van der Waals surface area contributed by atoms with Crippen molar-refractivity contribution in [1.82, 2.24) is 10.2 Å². The van der Waals surface area contributed by atoms with Crippen LogP contribution in [0.5, 0.6) is 0 Å². The largest absolute Gasteiger partial charge is 0.395 e. The molecule has 0 spiro atoms. The second-order valence-electron chi connectivity index (χ2n) is 5.53. The van der Waals surface area contributed by atoms with Crippen molar-refractivity contribution in [3.63, 3.8) is 0 Å². The van der Waals surface area contributed by atoms with Crippen LogP contribution in [0.3, 0.4) is 0 Å². The lowest BCUT2D eigenvalue weighted by molar-refractivity contribution is -0.0409. The maximum absolute atomic E-state index is 10.0. The van der Waals surface area contributed by atoms with Crippen LogP contribution >= 0.6 is 0 Å². The van der Waals surface area contributed by atoms with E-state index >= 15 is 0 Å². The van der Waals surface area contributed by atoms with Gasteiger partial charge in [-0.1, -0.05) is 0 Å². The van der Waals surface area contributed by atoms with Crippen molar-refractivity contribution >= 4 is 0 Å². The number of methoxy groups -OCH3 is 1. The third-order valence-electron chi connectivity index (χ3n) is 3.50. The van der Waals surface area contributed by atoms with Crippen molar-refractivity contribution < 1.29 is 19.7 Å². The van der Waals surface area contributed by atoms with E-state index in [1.54, 1.807) is 7.11 Å². The van der Waals surface area contributed by atoms with Gasteiger partial charge in [-0.2, -0.15) is 0 Å². The van der Waals surface area contributed by atoms with Crippen molar-refractivity contribution in [3.05, 3.63) is 0 Å². The van der Waals surface area contributed by atoms with E-state index in [4.69, 9.17) is 14.6 Å². The van der Waals surface area contributed by atoms with Crippen molar-refractivity contribution in [2.75, 3.05) is 53.1 Å². The molecule has 0 radical (unpaired) electrons. The monoisotopic (exact) mass is 290 g/mol. The number of nitrogens with zero attached hydrogens (tertiary/aromatic N) is 1. The highest BCUT2D eigenvalue weighted by Crippen LogP contribution is 2.07. The number of rotatable bonds is 11. The summed E-state index contributed by atoms with van der Waals surface area (Å²) in [5.41, 5.74) is 0. The Bertz CT molecular complexity index is 237. The maximum atomic E-state index is 10.0. The predicted octanol–water partition coefficient (Wildman–Crippen LogP) is -0.555. The Morgan fingerprint density at radius 1 is 1.40 bits per heavy atom. The fourth-order valence-corrected chi connectivity index (χ4v) is 2.53. The van der Waals surface area contributed by atoms with E-state index in [2.05, 4.69) is 10.2 Å². The molecule has 1 aliphatic heterocycles. The molecule has 3 atom stereocenters. The number of hydrogen-bond acceptors (Lipinski definition) is 6. The van der Waals surface area contributed by atoms with Gasteiger partial charge >= 0.3 is 0 Å². The first-order chi connectivity index (χ1) is 9.65. The molecule has 0 aromatic carbocycles. The summed E-state index contributed by atoms with van der Waals surface area (Å²) in [7, 11) is 1.63. The Morgan fingerprint density at radius 3 is 2.80 bits per heavy atom. The third kappa shape index (κ3) is 7.52. The molecule has 0 aliphatic carbocycles. The Labute approximate surface area is 122 Å². The second kappa shape index (κ2) is 10.5. The van der Waals surface area contributed by atoms with Crippen molar-refractivity contribution in [2.45, 2.75) is 38.0 Å². The highest BCUT2D eigenvalue weighted by Gasteiger charge is 2.20. The van der Waals surface area contributed by atoms with Gasteiger partial charge in [-0.3, -0.25) is 4.90 Å². The van der Waals surface area contributed by atoms with Crippen LogP contribution < -0.4 is 5.32 Å². The molecule has 1 fully saturated rings. The molecule has 120 valence electrons. The van der Waals surface area contributed by atoms with Crippen molar-refractivity contribution in [3.8, 4) is 0 Å². The number of nitrogens with one attached hydrogen (secondary N) is 1. The molecule has 20 heavy (non-hydrogen) atoms. The molecular weight excluding hydrogens is 260 g/mol. The third-order valence-corrected chi connectivity index (χ3v) is 3.50. The van der Waals surface area contributed by atoms with Gasteiger partial charge in [-0.15, -0.1) is 0 Å². The van der Waals surface area contributed by atoms with Crippen LogP contribution in [-0.2, 0) is 9.47 Å². The van der Waals surface area contributed by atoms with Gasteiger partial charge in [0.1, 0.15) is 0 Å². The van der Waals surface area contributed by atoms with Crippen LogP contribution in [0, 0.1) is 0 Å². The van der Waals surface area contributed by atoms with E-state index in [-0.39, 0.29) is 12.7 Å². The lowest BCUT2D eigenvalue weighted by Gasteiger charge is -2.27. The van der Waals surface area contributed by atoms with E-state index in [9.17, 15) is 5.11 Å². The molecule has 1 saturated heterocycles. The molecule has 0 bridgehead atoms. The first-order valence-electron chi connectivity index (χ1n) is 7.51. The molecule has 0 aromatic rings. The molecular formula is C14H30N2O4. The number of ether oxygens (including phenoxy) is 2. The van der Waals surface area contributed by atoms with Gasteiger partial charge in [-0.25, -0.2) is 0 Å². The summed E-state index contributed by atoms with van der Waals surface area (Å²) < 4.78 is 10.5. The number of hydrogen-bond donors (Lipinski definition) is 3. The van der Waals surface area contributed by atoms with Crippen LogP contribution in [0.2, 0.25) is 0 Å². The average Bonchev–Trinajstić information content (AvgIpc) is 2.90. The Kier molecular flexibility index (Phi) is 9.33. The fraction of sp³-hybridized carbons (Fsp3) is 1.00. The van der Waals surface area contributed by atoms with Crippen LogP contribution in [0.15, 0.2) is 0 Å². The Hall–Kier alpha value is -0.240. The Morgan fingerprint density at radius 2 is 2.20 bits per heavy atom. The van der Waals surface area contributed by atoms with E-state index in [0.717, 1.165) is 13.1 Å². The SMILES string of the molecule is COCC(C)OCC(O)CN(CCO)CC1CCCN1. The summed E-state index contributed by atoms with van der Waals surface area (Å²) in [5, 5.41) is 22.6. The standard InChI is InChI=1S/C14H30N2O4/c1-12(10-19-2)20-11-14(18)9-16(6-7-17)8-13-4-3-5-15-13/h12-15,17-18H,3-11H2,1-2H3. The first kappa shape index (κ1) is 17.8. The van der Waals surface area contributed by atoms with Gasteiger partial charge in [0.2, 0.25) is 0 Å². The molecule has 0 saturated carbocycles. The van der Waals surface area contributed by atoms with Gasteiger partial charge < -0.3 is 25.0 Å². The van der Waals surface area contributed by atoms with Gasteiger partial charge in [0.15, 0.2) is 0 Å². The van der Waals surface area contributed by atoms with Gasteiger partial charge in [0, 0.05) is 32.8 Å². The van der Waals surface area contributed by atoms with Crippen molar-refractivity contribution in [1.29, 1.82) is 0 Å². The summed E-state index contributed by atoms with van der Waals surface area (Å²) >= 11 is 0. The maximum Gasteiger partial charge on any atom is 0.0900 e. The zero-order valence-corrected chi connectivity index (χ0v) is 12.8. The van der Waals surface area contributed by atoms with Gasteiger partial charge in [-0.05, 0) is 26.3 Å². The highest BCUT2D eigenvalue weighted by molar-refractivity contribution is 4.79. The average molecular weight is 290 g/mol. The summed E-state index contributed by atoms with van der Waals surface area (Å²) in [6, 6.07) is 0.474. The lowest BCUT2D eigenvalue weighted by Crippen LogP contribution is -2.43. The summed E-state index contributed by atoms with van der Waals surface area (Å²) in [4.78, 5) is 2.10. The van der Waals surface area contributed by atoms with Crippen LogP contribution in [0.25, 0.3) is 0 Å². The van der Waals surface area contributed by atoms with E-state index in [1.807, 2.05) is 6.92 Å². The predicted molar refractivity (Wildman–Crippen MR) is 77.8 cm³/mol. The first-order valence-corrected chi connectivity index (χ1v) is 7.51. The molecule has 6 heteroatoms. The van der Waals surface area contributed by atoms with Crippen LogP contribution in [-0.4, -0.2) is 86.5 Å².